The molecule has 3 N–H and O–H groups in total. The van der Waals surface area contributed by atoms with Crippen molar-refractivity contribution in [2.45, 2.75) is 37.8 Å². The van der Waals surface area contributed by atoms with Gasteiger partial charge in [0.1, 0.15) is 4.83 Å². The summed E-state index contributed by atoms with van der Waals surface area (Å²) in [5.74, 6) is -0.990. The van der Waals surface area contributed by atoms with Crippen LogP contribution in [-0.4, -0.2) is 27.1 Å². The van der Waals surface area contributed by atoms with Crippen molar-refractivity contribution in [3.63, 3.8) is 0 Å². The number of nitrogens with one attached hydrogen (secondary N) is 1. The van der Waals surface area contributed by atoms with Crippen molar-refractivity contribution in [1.82, 2.24) is 9.55 Å². The van der Waals surface area contributed by atoms with Crippen molar-refractivity contribution in [3.05, 3.63) is 79.4 Å². The molecular weight excluding hydrogens is 516 g/mol. The zero-order valence-corrected chi connectivity index (χ0v) is 21.9. The lowest BCUT2D eigenvalue weighted by Crippen LogP contribution is -2.24. The highest BCUT2D eigenvalue weighted by Gasteiger charge is 2.24. The number of aromatic nitrogens is 2. The molecule has 0 aliphatic heterocycles. The Bertz CT molecular complexity index is 1580. The smallest absolute Gasteiger partial charge is 0.267 e. The number of nitrogens with two attached hydrogens (primary N) is 1. The van der Waals surface area contributed by atoms with Crippen molar-refractivity contribution in [2.24, 2.45) is 5.73 Å². The summed E-state index contributed by atoms with van der Waals surface area (Å²) in [6, 6.07) is 12.0. The molecule has 0 saturated carbocycles. The van der Waals surface area contributed by atoms with E-state index in [0.29, 0.717) is 31.8 Å². The number of carbonyl (C=O) groups excluding carboxylic acids is 2. The normalized spacial score (nSPS) is 12.9. The van der Waals surface area contributed by atoms with E-state index in [0.717, 1.165) is 48.6 Å². The summed E-state index contributed by atoms with van der Waals surface area (Å²) in [6.07, 6.45) is 3.99. The zero-order chi connectivity index (χ0) is 25.4. The van der Waals surface area contributed by atoms with Crippen LogP contribution < -0.4 is 16.6 Å². The van der Waals surface area contributed by atoms with E-state index >= 15 is 0 Å². The number of fused-ring (bicyclic) bond motifs is 3. The molecular formula is C26H23ClN4O3S2. The lowest BCUT2D eigenvalue weighted by molar-refractivity contribution is -0.113. The quantitative estimate of drug-likeness (QED) is 0.262. The maximum atomic E-state index is 13.9. The number of rotatable bonds is 6. The van der Waals surface area contributed by atoms with Crippen molar-refractivity contribution in [3.8, 4) is 5.69 Å². The van der Waals surface area contributed by atoms with Gasteiger partial charge in [-0.3, -0.25) is 19.0 Å². The minimum absolute atomic E-state index is 0.0181. The molecule has 2 heterocycles. The lowest BCUT2D eigenvalue weighted by Gasteiger charge is -2.16. The van der Waals surface area contributed by atoms with E-state index in [1.807, 2.05) is 13.0 Å². The summed E-state index contributed by atoms with van der Waals surface area (Å²) in [6.45, 7) is 1.86. The summed E-state index contributed by atoms with van der Waals surface area (Å²) in [5, 5.41) is 4.36. The minimum Gasteiger partial charge on any atom is -0.366 e. The van der Waals surface area contributed by atoms with Crippen molar-refractivity contribution < 1.29 is 9.59 Å². The van der Waals surface area contributed by atoms with Gasteiger partial charge in [0.05, 0.1) is 28.1 Å². The number of thioether (sulfide) groups is 1. The highest BCUT2D eigenvalue weighted by atomic mass is 35.5. The van der Waals surface area contributed by atoms with Gasteiger partial charge in [0, 0.05) is 9.90 Å². The summed E-state index contributed by atoms with van der Waals surface area (Å²) in [5.41, 5.74) is 8.34. The minimum atomic E-state index is -0.627. The van der Waals surface area contributed by atoms with Gasteiger partial charge in [-0.1, -0.05) is 41.6 Å². The van der Waals surface area contributed by atoms with Crippen LogP contribution in [0, 0.1) is 6.92 Å². The predicted octanol–water partition coefficient (Wildman–Crippen LogP) is 5.12. The summed E-state index contributed by atoms with van der Waals surface area (Å²) >= 11 is 9.12. The molecule has 1 aliphatic carbocycles. The average molecular weight is 539 g/mol. The maximum Gasteiger partial charge on any atom is 0.267 e. The Hall–Kier alpha value is -3.14. The number of hydrogen-bond acceptors (Lipinski definition) is 6. The molecule has 2 aromatic heterocycles. The molecule has 2 amide bonds. The van der Waals surface area contributed by atoms with Crippen LogP contribution in [0.3, 0.4) is 0 Å². The fourth-order valence-electron chi connectivity index (χ4n) is 4.46. The molecule has 0 radical (unpaired) electrons. The second-order valence-corrected chi connectivity index (χ2v) is 11.0. The van der Waals surface area contributed by atoms with Gasteiger partial charge in [0.25, 0.3) is 11.5 Å². The van der Waals surface area contributed by atoms with E-state index in [4.69, 9.17) is 22.3 Å². The van der Waals surface area contributed by atoms with Crippen molar-refractivity contribution >= 4 is 62.4 Å². The molecule has 0 spiro atoms. The second kappa shape index (κ2) is 10.1. The zero-order valence-electron chi connectivity index (χ0n) is 19.5. The van der Waals surface area contributed by atoms with Crippen LogP contribution >= 0.6 is 34.7 Å². The number of anilines is 1. The van der Waals surface area contributed by atoms with Crippen LogP contribution in [0.4, 0.5) is 5.69 Å². The first-order valence-corrected chi connectivity index (χ1v) is 13.7. The van der Waals surface area contributed by atoms with E-state index < -0.39 is 5.91 Å². The third kappa shape index (κ3) is 4.54. The van der Waals surface area contributed by atoms with Crippen LogP contribution in [0.15, 0.2) is 52.4 Å². The van der Waals surface area contributed by atoms with Crippen LogP contribution in [-0.2, 0) is 17.6 Å². The molecule has 0 unspecified atom stereocenters. The van der Waals surface area contributed by atoms with Crippen LogP contribution in [0.2, 0.25) is 5.02 Å². The average Bonchev–Trinajstić information content (AvgIpc) is 3.24. The number of halogens is 1. The van der Waals surface area contributed by atoms with Crippen LogP contribution in [0.5, 0.6) is 0 Å². The first kappa shape index (κ1) is 24.5. The van der Waals surface area contributed by atoms with E-state index in [-0.39, 0.29) is 22.8 Å². The molecule has 2 aromatic carbocycles. The van der Waals surface area contributed by atoms with Gasteiger partial charge in [-0.05, 0) is 68.0 Å². The molecule has 0 fully saturated rings. The standard InChI is InChI=1S/C26H23ClN4O3S2/c1-14-17(27)9-6-11-19(14)31-25(34)22-16-8-3-5-12-20(16)36-24(22)30-26(31)35-13-21(32)29-18-10-4-2-7-15(18)23(28)33/h2,4,6-7,9-11H,3,5,8,12-13H2,1H3,(H2,28,33)(H,29,32). The van der Waals surface area contributed by atoms with Gasteiger partial charge >= 0.3 is 0 Å². The Kier molecular flexibility index (Phi) is 6.87. The molecule has 0 atom stereocenters. The number of para-hydroxylation sites is 1. The second-order valence-electron chi connectivity index (χ2n) is 8.56. The third-order valence-electron chi connectivity index (χ3n) is 6.24. The number of thiophene rings is 1. The number of amides is 2. The molecule has 184 valence electrons. The summed E-state index contributed by atoms with van der Waals surface area (Å²) < 4.78 is 1.57. The van der Waals surface area contributed by atoms with Crippen LogP contribution in [0.25, 0.3) is 15.9 Å². The topological polar surface area (TPSA) is 107 Å². The van der Waals surface area contributed by atoms with Gasteiger partial charge < -0.3 is 11.1 Å². The molecule has 1 aliphatic rings. The monoisotopic (exact) mass is 538 g/mol. The number of nitrogens with zero attached hydrogens (tertiary/aromatic N) is 2. The molecule has 0 saturated heterocycles. The Morgan fingerprint density at radius 1 is 1.17 bits per heavy atom. The molecule has 0 bridgehead atoms. The highest BCUT2D eigenvalue weighted by Crippen LogP contribution is 2.36. The highest BCUT2D eigenvalue weighted by molar-refractivity contribution is 7.99. The van der Waals surface area contributed by atoms with E-state index in [1.54, 1.807) is 52.3 Å². The Morgan fingerprint density at radius 3 is 2.75 bits per heavy atom. The first-order chi connectivity index (χ1) is 17.3. The van der Waals surface area contributed by atoms with Gasteiger partial charge in [0.15, 0.2) is 5.16 Å². The maximum absolute atomic E-state index is 13.9. The summed E-state index contributed by atoms with van der Waals surface area (Å²) in [4.78, 5) is 45.2. The fraction of sp³-hybridized carbons (Fsp3) is 0.231. The number of hydrogen-bond donors (Lipinski definition) is 2. The van der Waals surface area contributed by atoms with Crippen molar-refractivity contribution in [1.29, 1.82) is 0 Å². The number of aryl methyl sites for hydroxylation is 2. The molecule has 5 rings (SSSR count). The molecule has 7 nitrogen and oxygen atoms in total. The fourth-order valence-corrected chi connectivity index (χ4v) is 6.73. The van der Waals surface area contributed by atoms with Gasteiger partial charge in [-0.25, -0.2) is 4.98 Å². The van der Waals surface area contributed by atoms with Gasteiger partial charge in [-0.15, -0.1) is 11.3 Å². The molecule has 10 heteroatoms. The van der Waals surface area contributed by atoms with Gasteiger partial charge in [-0.2, -0.15) is 0 Å². The SMILES string of the molecule is Cc1c(Cl)cccc1-n1c(SCC(=O)Nc2ccccc2C(N)=O)nc2sc3c(c2c1=O)CCCC3. The van der Waals surface area contributed by atoms with Crippen LogP contribution in [0.1, 0.15) is 39.2 Å². The molecule has 4 aromatic rings. The Morgan fingerprint density at radius 2 is 1.94 bits per heavy atom. The Balaban J connectivity index is 1.55. The Labute approximate surface area is 220 Å². The predicted molar refractivity (Wildman–Crippen MR) is 146 cm³/mol. The third-order valence-corrected chi connectivity index (χ3v) is 8.77. The van der Waals surface area contributed by atoms with E-state index in [9.17, 15) is 14.4 Å². The van der Waals surface area contributed by atoms with E-state index in [1.165, 1.54) is 4.88 Å². The van der Waals surface area contributed by atoms with Crippen molar-refractivity contribution in [2.75, 3.05) is 11.1 Å². The number of benzene rings is 2. The largest absolute Gasteiger partial charge is 0.366 e. The number of carbonyl (C=O) groups is 2. The summed E-state index contributed by atoms with van der Waals surface area (Å²) in [7, 11) is 0. The number of primary amides is 1. The molecule has 36 heavy (non-hydrogen) atoms. The first-order valence-electron chi connectivity index (χ1n) is 11.5. The van der Waals surface area contributed by atoms with Gasteiger partial charge in [0.2, 0.25) is 5.91 Å². The van der Waals surface area contributed by atoms with E-state index in [2.05, 4.69) is 5.32 Å². The lowest BCUT2D eigenvalue weighted by atomic mass is 9.97.